The summed E-state index contributed by atoms with van der Waals surface area (Å²) in [5.41, 5.74) is 0. The van der Waals surface area contributed by atoms with E-state index >= 15 is 0 Å². The van der Waals surface area contributed by atoms with E-state index in [-0.39, 0.29) is 0 Å². The molecule has 0 N–H and O–H groups in total. The third kappa shape index (κ3) is 3.23. The summed E-state index contributed by atoms with van der Waals surface area (Å²) in [5.74, 6) is 0. The number of rotatable bonds is 3. The number of hydrogen-bond acceptors (Lipinski definition) is 2. The molecule has 2 nitrogen and oxygen atoms in total. The van der Waals surface area contributed by atoms with Gasteiger partial charge in [0.25, 0.3) is 0 Å². The van der Waals surface area contributed by atoms with Crippen molar-refractivity contribution in [2.24, 2.45) is 0 Å². The molecule has 0 spiro atoms. The first-order chi connectivity index (χ1) is 3.62. The fourth-order valence-corrected chi connectivity index (χ4v) is 1.49. The third-order valence-corrected chi connectivity index (χ3v) is 3.05. The van der Waals surface area contributed by atoms with E-state index in [4.69, 9.17) is 4.52 Å². The summed E-state index contributed by atoms with van der Waals surface area (Å²) in [6.45, 7) is 3.66. The topological polar surface area (TPSA) is 26.3 Å². The van der Waals surface area contributed by atoms with Gasteiger partial charge in [0, 0.05) is 19.9 Å². The van der Waals surface area contributed by atoms with E-state index in [1.807, 2.05) is 6.92 Å². The number of hydrogen-bond donors (Lipinski definition) is 0. The van der Waals surface area contributed by atoms with Gasteiger partial charge in [-0.1, -0.05) is 6.92 Å². The maximum atomic E-state index is 11.0. The highest BCUT2D eigenvalue weighted by Crippen LogP contribution is 2.41. The Morgan fingerprint density at radius 2 is 2.12 bits per heavy atom. The highest BCUT2D eigenvalue weighted by Gasteiger charge is 2.09. The zero-order valence-electron chi connectivity index (χ0n) is 5.68. The van der Waals surface area contributed by atoms with Crippen LogP contribution in [0, 0.1) is 0 Å². The maximum Gasteiger partial charge on any atom is 0.199 e. The Labute approximate surface area is 50.7 Å². The standard InChI is InChI=1S/C5H13O2P/c1-4-5-8(3,6)7-2/h4-5H2,1-3H3. The normalized spacial score (nSPS) is 17.9. The fraction of sp³-hybridized carbons (Fsp3) is 1.00. The Hall–Kier alpha value is 0.190. The second kappa shape index (κ2) is 3.26. The predicted molar refractivity (Wildman–Crippen MR) is 35.7 cm³/mol. The molecule has 8 heavy (non-hydrogen) atoms. The monoisotopic (exact) mass is 136 g/mol. The molecule has 0 aliphatic heterocycles. The summed E-state index contributed by atoms with van der Waals surface area (Å²) >= 11 is 0. The van der Waals surface area contributed by atoms with Gasteiger partial charge in [-0.05, 0) is 6.42 Å². The van der Waals surface area contributed by atoms with Crippen LogP contribution in [-0.4, -0.2) is 19.9 Å². The van der Waals surface area contributed by atoms with Gasteiger partial charge >= 0.3 is 0 Å². The van der Waals surface area contributed by atoms with E-state index in [0.717, 1.165) is 6.42 Å². The summed E-state index contributed by atoms with van der Waals surface area (Å²) < 4.78 is 15.7. The van der Waals surface area contributed by atoms with Gasteiger partial charge in [0.05, 0.1) is 0 Å². The van der Waals surface area contributed by atoms with Crippen LogP contribution >= 0.6 is 7.37 Å². The molecule has 0 saturated heterocycles. The first-order valence-electron chi connectivity index (χ1n) is 2.74. The van der Waals surface area contributed by atoms with E-state index in [0.29, 0.717) is 6.16 Å². The van der Waals surface area contributed by atoms with E-state index in [1.165, 1.54) is 7.11 Å². The minimum Gasteiger partial charge on any atom is -0.332 e. The van der Waals surface area contributed by atoms with E-state index in [2.05, 4.69) is 0 Å². The Morgan fingerprint density at radius 1 is 1.62 bits per heavy atom. The SMILES string of the molecule is CCCP(C)(=O)OC. The van der Waals surface area contributed by atoms with Gasteiger partial charge in [-0.3, -0.25) is 4.57 Å². The summed E-state index contributed by atoms with van der Waals surface area (Å²) in [7, 11) is -0.677. The average Bonchev–Trinajstić information content (AvgIpc) is 1.67. The van der Waals surface area contributed by atoms with Crippen LogP contribution in [0.5, 0.6) is 0 Å². The van der Waals surface area contributed by atoms with Crippen molar-refractivity contribution >= 4 is 7.37 Å². The summed E-state index contributed by atoms with van der Waals surface area (Å²) in [4.78, 5) is 0. The predicted octanol–water partition coefficient (Wildman–Crippen LogP) is 1.95. The molecule has 0 rings (SSSR count). The first-order valence-corrected chi connectivity index (χ1v) is 5.00. The Balaban J connectivity index is 3.55. The molecule has 1 atom stereocenters. The van der Waals surface area contributed by atoms with Gasteiger partial charge in [0.15, 0.2) is 7.37 Å². The molecule has 0 aromatic heterocycles. The van der Waals surface area contributed by atoms with Crippen molar-refractivity contribution in [1.29, 1.82) is 0 Å². The molecule has 0 aromatic rings. The maximum absolute atomic E-state index is 11.0. The van der Waals surface area contributed by atoms with E-state index < -0.39 is 7.37 Å². The summed E-state index contributed by atoms with van der Waals surface area (Å²) in [6.07, 6.45) is 1.63. The lowest BCUT2D eigenvalue weighted by molar-refractivity contribution is 0.398. The first kappa shape index (κ1) is 8.19. The molecule has 50 valence electrons. The highest BCUT2D eigenvalue weighted by atomic mass is 31.2. The van der Waals surface area contributed by atoms with Crippen molar-refractivity contribution in [3.8, 4) is 0 Å². The van der Waals surface area contributed by atoms with E-state index in [1.54, 1.807) is 6.66 Å². The van der Waals surface area contributed by atoms with Crippen molar-refractivity contribution in [2.45, 2.75) is 13.3 Å². The van der Waals surface area contributed by atoms with Crippen molar-refractivity contribution in [3.63, 3.8) is 0 Å². The molecule has 3 heteroatoms. The van der Waals surface area contributed by atoms with Crippen molar-refractivity contribution in [3.05, 3.63) is 0 Å². The molecule has 0 amide bonds. The van der Waals surface area contributed by atoms with Gasteiger partial charge in [-0.2, -0.15) is 0 Å². The van der Waals surface area contributed by atoms with Crippen LogP contribution in [-0.2, 0) is 9.09 Å². The van der Waals surface area contributed by atoms with Gasteiger partial charge in [-0.25, -0.2) is 0 Å². The molecule has 0 bridgehead atoms. The molecule has 0 aromatic carbocycles. The molecule has 0 aliphatic carbocycles. The van der Waals surface area contributed by atoms with Crippen LogP contribution in [0.2, 0.25) is 0 Å². The van der Waals surface area contributed by atoms with Crippen LogP contribution in [0.25, 0.3) is 0 Å². The molecule has 1 unspecified atom stereocenters. The highest BCUT2D eigenvalue weighted by molar-refractivity contribution is 7.58. The average molecular weight is 136 g/mol. The van der Waals surface area contributed by atoms with Crippen molar-refractivity contribution in [2.75, 3.05) is 19.9 Å². The lowest BCUT2D eigenvalue weighted by Gasteiger charge is -2.06. The zero-order valence-corrected chi connectivity index (χ0v) is 6.57. The molecular formula is C5H13O2P. The van der Waals surface area contributed by atoms with Crippen LogP contribution in [0.1, 0.15) is 13.3 Å². The second-order valence-electron chi connectivity index (χ2n) is 1.92. The minimum absolute atomic E-state index is 0.698. The molecular weight excluding hydrogens is 123 g/mol. The van der Waals surface area contributed by atoms with Gasteiger partial charge in [-0.15, -0.1) is 0 Å². The van der Waals surface area contributed by atoms with Gasteiger partial charge < -0.3 is 4.52 Å². The lowest BCUT2D eigenvalue weighted by Crippen LogP contribution is -1.86. The van der Waals surface area contributed by atoms with Crippen LogP contribution in [0.3, 0.4) is 0 Å². The summed E-state index contributed by atoms with van der Waals surface area (Å²) in [5, 5.41) is 0. The molecule has 0 radical (unpaired) electrons. The fourth-order valence-electron chi connectivity index (χ4n) is 0.497. The van der Waals surface area contributed by atoms with Crippen LogP contribution in [0.15, 0.2) is 0 Å². The van der Waals surface area contributed by atoms with Gasteiger partial charge in [0.2, 0.25) is 0 Å². The lowest BCUT2D eigenvalue weighted by atomic mass is 10.6. The van der Waals surface area contributed by atoms with Crippen LogP contribution in [0.4, 0.5) is 0 Å². The largest absolute Gasteiger partial charge is 0.332 e. The third-order valence-electron chi connectivity index (χ3n) is 1.02. The van der Waals surface area contributed by atoms with Crippen LogP contribution < -0.4 is 0 Å². The Bertz CT molecular complexity index is 101. The smallest absolute Gasteiger partial charge is 0.199 e. The zero-order chi connectivity index (χ0) is 6.62. The Morgan fingerprint density at radius 3 is 2.25 bits per heavy atom. The molecule has 0 saturated carbocycles. The van der Waals surface area contributed by atoms with Crippen molar-refractivity contribution < 1.29 is 9.09 Å². The van der Waals surface area contributed by atoms with Crippen molar-refractivity contribution in [1.82, 2.24) is 0 Å². The molecule has 0 fully saturated rings. The Kier molecular flexibility index (Phi) is 3.34. The van der Waals surface area contributed by atoms with E-state index in [9.17, 15) is 4.57 Å². The molecule has 0 heterocycles. The second-order valence-corrected chi connectivity index (χ2v) is 4.76. The molecule has 0 aliphatic rings. The minimum atomic E-state index is -2.17. The quantitative estimate of drug-likeness (QED) is 0.554. The summed E-state index contributed by atoms with van der Waals surface area (Å²) in [6, 6.07) is 0. The van der Waals surface area contributed by atoms with Gasteiger partial charge in [0.1, 0.15) is 0 Å².